The molecule has 0 saturated carbocycles. The maximum absolute atomic E-state index is 13.3. The lowest BCUT2D eigenvalue weighted by Gasteiger charge is -2.28. The van der Waals surface area contributed by atoms with E-state index in [1.165, 1.54) is 9.75 Å². The average Bonchev–Trinajstić information content (AvgIpc) is 2.82. The van der Waals surface area contributed by atoms with Gasteiger partial charge in [0.05, 0.1) is 10.9 Å². The Labute approximate surface area is 149 Å². The Hall–Kier alpha value is -1.17. The maximum Gasteiger partial charge on any atom is 0.243 e. The molecular weight excluding hydrogens is 338 g/mol. The molecule has 1 atom stereocenters. The average molecular weight is 364 g/mol. The van der Waals surface area contributed by atoms with Crippen molar-refractivity contribution in [1.82, 2.24) is 4.31 Å². The lowest BCUT2D eigenvalue weighted by Crippen LogP contribution is -2.34. The number of aryl methyl sites for hydroxylation is 3. The summed E-state index contributed by atoms with van der Waals surface area (Å²) in [6.07, 6.45) is 4.02. The zero-order valence-electron chi connectivity index (χ0n) is 14.6. The van der Waals surface area contributed by atoms with Crippen LogP contribution in [-0.4, -0.2) is 19.3 Å². The van der Waals surface area contributed by atoms with Crippen molar-refractivity contribution in [1.29, 1.82) is 0 Å². The molecule has 1 saturated heterocycles. The van der Waals surface area contributed by atoms with Gasteiger partial charge in [0, 0.05) is 16.3 Å². The van der Waals surface area contributed by atoms with Crippen molar-refractivity contribution >= 4 is 21.4 Å². The van der Waals surface area contributed by atoms with Crippen molar-refractivity contribution in [3.05, 3.63) is 51.2 Å². The Morgan fingerprint density at radius 3 is 2.46 bits per heavy atom. The van der Waals surface area contributed by atoms with Crippen LogP contribution in [0, 0.1) is 20.8 Å². The van der Waals surface area contributed by atoms with E-state index in [0.717, 1.165) is 36.8 Å². The number of rotatable bonds is 3. The van der Waals surface area contributed by atoms with Crippen molar-refractivity contribution in [2.45, 2.75) is 57.4 Å². The normalized spacial score (nSPS) is 20.0. The predicted octanol–water partition coefficient (Wildman–Crippen LogP) is 4.98. The van der Waals surface area contributed by atoms with Crippen LogP contribution in [0.4, 0.5) is 0 Å². The molecule has 0 amide bonds. The van der Waals surface area contributed by atoms with Crippen LogP contribution < -0.4 is 0 Å². The summed E-state index contributed by atoms with van der Waals surface area (Å²) < 4.78 is 28.4. The fraction of sp³-hybridized carbons (Fsp3) is 0.474. The number of nitrogens with zero attached hydrogens (tertiary/aromatic N) is 1. The van der Waals surface area contributed by atoms with E-state index in [4.69, 9.17) is 0 Å². The van der Waals surface area contributed by atoms with Crippen molar-refractivity contribution in [2.24, 2.45) is 0 Å². The molecule has 1 aromatic carbocycles. The summed E-state index contributed by atoms with van der Waals surface area (Å²) >= 11 is 1.72. The van der Waals surface area contributed by atoms with E-state index in [9.17, 15) is 8.42 Å². The number of hydrogen-bond acceptors (Lipinski definition) is 3. The lowest BCUT2D eigenvalue weighted by molar-refractivity contribution is 0.333. The highest BCUT2D eigenvalue weighted by Crippen LogP contribution is 2.37. The van der Waals surface area contributed by atoms with Gasteiger partial charge in [-0.25, -0.2) is 8.42 Å². The molecular formula is C19H25NO2S2. The molecule has 1 aliphatic rings. The van der Waals surface area contributed by atoms with Crippen LogP contribution >= 0.6 is 11.3 Å². The largest absolute Gasteiger partial charge is 0.243 e. The van der Waals surface area contributed by atoms with Crippen LogP contribution in [0.2, 0.25) is 0 Å². The van der Waals surface area contributed by atoms with Gasteiger partial charge >= 0.3 is 0 Å². The van der Waals surface area contributed by atoms with Gasteiger partial charge in [0.25, 0.3) is 0 Å². The first-order chi connectivity index (χ1) is 11.4. The van der Waals surface area contributed by atoms with E-state index >= 15 is 0 Å². The van der Waals surface area contributed by atoms with Gasteiger partial charge in [-0.15, -0.1) is 11.3 Å². The van der Waals surface area contributed by atoms with Crippen LogP contribution in [-0.2, 0) is 10.0 Å². The van der Waals surface area contributed by atoms with Gasteiger partial charge < -0.3 is 0 Å². The van der Waals surface area contributed by atoms with Gasteiger partial charge in [-0.05, 0) is 69.0 Å². The summed E-state index contributed by atoms with van der Waals surface area (Å²) in [6, 6.07) is 9.62. The molecule has 1 unspecified atom stereocenters. The quantitative estimate of drug-likeness (QED) is 0.771. The van der Waals surface area contributed by atoms with E-state index in [1.807, 2.05) is 26.0 Å². The highest BCUT2D eigenvalue weighted by molar-refractivity contribution is 7.89. The molecule has 0 spiro atoms. The zero-order valence-corrected chi connectivity index (χ0v) is 16.2. The molecule has 2 heterocycles. The number of hydrogen-bond donors (Lipinski definition) is 0. The molecule has 1 aliphatic heterocycles. The molecule has 2 aromatic rings. The summed E-state index contributed by atoms with van der Waals surface area (Å²) in [6.45, 7) is 6.66. The van der Waals surface area contributed by atoms with Crippen LogP contribution in [0.1, 0.15) is 52.6 Å². The summed E-state index contributed by atoms with van der Waals surface area (Å²) in [4.78, 5) is 2.82. The molecule has 0 bridgehead atoms. The van der Waals surface area contributed by atoms with Crippen LogP contribution in [0.5, 0.6) is 0 Å². The van der Waals surface area contributed by atoms with Gasteiger partial charge in [-0.3, -0.25) is 0 Å². The first-order valence-corrected chi connectivity index (χ1v) is 10.8. The summed E-state index contributed by atoms with van der Waals surface area (Å²) in [7, 11) is -3.47. The van der Waals surface area contributed by atoms with Crippen LogP contribution in [0.25, 0.3) is 0 Å². The Bertz CT molecular complexity index is 824. The Morgan fingerprint density at radius 1 is 1.00 bits per heavy atom. The third kappa shape index (κ3) is 3.44. The number of thiophene rings is 1. The molecule has 1 fully saturated rings. The molecule has 3 nitrogen and oxygen atoms in total. The smallest absolute Gasteiger partial charge is 0.207 e. The van der Waals surface area contributed by atoms with E-state index in [0.29, 0.717) is 11.4 Å². The third-order valence-corrected chi connectivity index (χ3v) is 7.88. The van der Waals surface area contributed by atoms with Gasteiger partial charge in [-0.2, -0.15) is 4.31 Å². The Kier molecular flexibility index (Phi) is 5.13. The van der Waals surface area contributed by atoms with Crippen LogP contribution in [0.15, 0.2) is 35.2 Å². The SMILES string of the molecule is Cc1ccc(C2CCCCCN2S(=O)(=O)c2ccc(C)c(C)c2)s1. The number of sulfonamides is 1. The summed E-state index contributed by atoms with van der Waals surface area (Å²) in [5, 5.41) is 0. The van der Waals surface area contributed by atoms with Crippen molar-refractivity contribution in [2.75, 3.05) is 6.54 Å². The molecule has 130 valence electrons. The highest BCUT2D eigenvalue weighted by Gasteiger charge is 2.34. The molecule has 3 rings (SSSR count). The van der Waals surface area contributed by atoms with Gasteiger partial charge in [0.2, 0.25) is 10.0 Å². The molecule has 0 aliphatic carbocycles. The zero-order chi connectivity index (χ0) is 17.3. The van der Waals surface area contributed by atoms with E-state index in [1.54, 1.807) is 21.7 Å². The standard InChI is InChI=1S/C19H25NO2S2/c1-14-8-10-17(13-15(14)2)24(21,22)20-12-6-4-5-7-18(20)19-11-9-16(3)23-19/h8-11,13,18H,4-7,12H2,1-3H3. The van der Waals surface area contributed by atoms with Gasteiger partial charge in [-0.1, -0.05) is 18.9 Å². The van der Waals surface area contributed by atoms with E-state index in [2.05, 4.69) is 19.1 Å². The van der Waals surface area contributed by atoms with Crippen molar-refractivity contribution < 1.29 is 8.42 Å². The molecule has 0 radical (unpaired) electrons. The minimum atomic E-state index is -3.47. The molecule has 5 heteroatoms. The minimum absolute atomic E-state index is 0.0298. The fourth-order valence-electron chi connectivity index (χ4n) is 3.30. The second-order valence-corrected chi connectivity index (χ2v) is 9.89. The predicted molar refractivity (Wildman–Crippen MR) is 100 cm³/mol. The first kappa shape index (κ1) is 17.6. The number of benzene rings is 1. The fourth-order valence-corrected chi connectivity index (χ4v) is 6.15. The van der Waals surface area contributed by atoms with Crippen LogP contribution in [0.3, 0.4) is 0 Å². The lowest BCUT2D eigenvalue weighted by atomic mass is 10.1. The minimum Gasteiger partial charge on any atom is -0.207 e. The third-order valence-electron chi connectivity index (χ3n) is 4.88. The maximum atomic E-state index is 13.3. The Morgan fingerprint density at radius 2 is 1.79 bits per heavy atom. The van der Waals surface area contributed by atoms with Crippen molar-refractivity contribution in [3.8, 4) is 0 Å². The van der Waals surface area contributed by atoms with E-state index < -0.39 is 10.0 Å². The van der Waals surface area contributed by atoms with Gasteiger partial charge in [0.1, 0.15) is 0 Å². The summed E-state index contributed by atoms with van der Waals surface area (Å²) in [5.41, 5.74) is 2.14. The topological polar surface area (TPSA) is 37.4 Å². The molecule has 0 N–H and O–H groups in total. The first-order valence-electron chi connectivity index (χ1n) is 8.55. The second kappa shape index (κ2) is 6.98. The summed E-state index contributed by atoms with van der Waals surface area (Å²) in [5.74, 6) is 0. The van der Waals surface area contributed by atoms with Crippen molar-refractivity contribution in [3.63, 3.8) is 0 Å². The second-order valence-electron chi connectivity index (χ2n) is 6.68. The Balaban J connectivity index is 2.02. The monoisotopic (exact) mass is 363 g/mol. The van der Waals surface area contributed by atoms with E-state index in [-0.39, 0.29) is 6.04 Å². The molecule has 1 aromatic heterocycles. The van der Waals surface area contributed by atoms with Gasteiger partial charge in [0.15, 0.2) is 0 Å². The molecule has 24 heavy (non-hydrogen) atoms. The highest BCUT2D eigenvalue weighted by atomic mass is 32.2.